The van der Waals surface area contributed by atoms with Crippen molar-refractivity contribution in [3.8, 4) is 0 Å². The van der Waals surface area contributed by atoms with Gasteiger partial charge in [-0.05, 0) is 40.9 Å². The molecule has 1 N–H and O–H groups in total. The second kappa shape index (κ2) is 4.35. The van der Waals surface area contributed by atoms with E-state index in [1.54, 1.807) is 4.52 Å². The van der Waals surface area contributed by atoms with Gasteiger partial charge in [-0.3, -0.25) is 4.79 Å². The second-order valence-corrected chi connectivity index (χ2v) is 5.33. The van der Waals surface area contributed by atoms with Crippen LogP contribution in [0.15, 0.2) is 16.7 Å². The van der Waals surface area contributed by atoms with Crippen LogP contribution in [-0.2, 0) is 11.2 Å². The van der Waals surface area contributed by atoms with Gasteiger partial charge in [-0.2, -0.15) is 5.10 Å². The van der Waals surface area contributed by atoms with E-state index in [4.69, 9.17) is 5.11 Å². The molecular formula is C12H12BrN3O2. The minimum absolute atomic E-state index is 0.0945. The van der Waals surface area contributed by atoms with Gasteiger partial charge in [0.05, 0.1) is 17.8 Å². The summed E-state index contributed by atoms with van der Waals surface area (Å²) in [6, 6.07) is 3.89. The number of imidazole rings is 1. The summed E-state index contributed by atoms with van der Waals surface area (Å²) >= 11 is 3.38. The van der Waals surface area contributed by atoms with E-state index >= 15 is 0 Å². The van der Waals surface area contributed by atoms with E-state index in [1.165, 1.54) is 19.3 Å². The number of fused-ring (bicyclic) bond motifs is 1. The van der Waals surface area contributed by atoms with Crippen molar-refractivity contribution in [3.63, 3.8) is 0 Å². The van der Waals surface area contributed by atoms with Crippen LogP contribution >= 0.6 is 15.9 Å². The lowest BCUT2D eigenvalue weighted by Gasteiger charge is -2.24. The standard InChI is InChI=1S/C12H12BrN3O2/c13-12-9(6-11(17)18)14-10-5-4-8(15-16(10)12)7-2-1-3-7/h4-5,7H,1-3,6H2,(H,17,18). The molecule has 0 aromatic carbocycles. The van der Waals surface area contributed by atoms with Gasteiger partial charge >= 0.3 is 5.97 Å². The Morgan fingerprint density at radius 1 is 1.50 bits per heavy atom. The maximum atomic E-state index is 10.7. The molecule has 0 aliphatic heterocycles. The SMILES string of the molecule is O=C(O)Cc1nc2ccc(C3CCC3)nn2c1Br. The molecule has 0 atom stereocenters. The van der Waals surface area contributed by atoms with Crippen molar-refractivity contribution < 1.29 is 9.90 Å². The first-order chi connectivity index (χ1) is 8.65. The van der Waals surface area contributed by atoms with Gasteiger partial charge in [-0.15, -0.1) is 0 Å². The number of hydrogen-bond donors (Lipinski definition) is 1. The van der Waals surface area contributed by atoms with Crippen LogP contribution in [0.3, 0.4) is 0 Å². The number of halogens is 1. The predicted octanol–water partition coefficient (Wildman–Crippen LogP) is 2.39. The molecule has 3 rings (SSSR count). The molecule has 0 bridgehead atoms. The fourth-order valence-electron chi connectivity index (χ4n) is 2.14. The largest absolute Gasteiger partial charge is 0.481 e. The van der Waals surface area contributed by atoms with Crippen LogP contribution in [-0.4, -0.2) is 25.7 Å². The molecule has 0 spiro atoms. The quantitative estimate of drug-likeness (QED) is 0.945. The van der Waals surface area contributed by atoms with Gasteiger partial charge in [-0.1, -0.05) is 6.42 Å². The number of carboxylic acid groups (broad SMARTS) is 1. The Morgan fingerprint density at radius 3 is 2.89 bits per heavy atom. The Balaban J connectivity index is 2.04. The van der Waals surface area contributed by atoms with Gasteiger partial charge in [0, 0.05) is 5.92 Å². The van der Waals surface area contributed by atoms with Gasteiger partial charge in [-0.25, -0.2) is 9.50 Å². The van der Waals surface area contributed by atoms with Crippen LogP contribution in [0.1, 0.15) is 36.6 Å². The molecule has 0 unspecified atom stereocenters. The average Bonchev–Trinajstić information content (AvgIpc) is 2.53. The molecule has 0 saturated heterocycles. The van der Waals surface area contributed by atoms with E-state index in [9.17, 15) is 4.79 Å². The van der Waals surface area contributed by atoms with E-state index < -0.39 is 5.97 Å². The molecule has 1 aliphatic rings. The van der Waals surface area contributed by atoms with Crippen LogP contribution in [0.4, 0.5) is 0 Å². The summed E-state index contributed by atoms with van der Waals surface area (Å²) in [6.45, 7) is 0. The monoisotopic (exact) mass is 309 g/mol. The number of aromatic nitrogens is 3. The molecule has 18 heavy (non-hydrogen) atoms. The Hall–Kier alpha value is -1.43. The molecular weight excluding hydrogens is 298 g/mol. The number of aliphatic carboxylic acids is 1. The van der Waals surface area contributed by atoms with Crippen LogP contribution in [0, 0.1) is 0 Å². The zero-order chi connectivity index (χ0) is 12.7. The average molecular weight is 310 g/mol. The molecule has 0 amide bonds. The van der Waals surface area contributed by atoms with Crippen molar-refractivity contribution in [2.45, 2.75) is 31.6 Å². The number of hydrogen-bond acceptors (Lipinski definition) is 3. The lowest BCUT2D eigenvalue weighted by atomic mass is 9.83. The normalized spacial score (nSPS) is 15.8. The zero-order valence-electron chi connectivity index (χ0n) is 9.64. The summed E-state index contributed by atoms with van der Waals surface area (Å²) < 4.78 is 2.33. The van der Waals surface area contributed by atoms with E-state index in [1.807, 2.05) is 12.1 Å². The molecule has 1 aliphatic carbocycles. The first-order valence-electron chi connectivity index (χ1n) is 5.91. The van der Waals surface area contributed by atoms with Gasteiger partial charge < -0.3 is 5.11 Å². The molecule has 2 aromatic rings. The fraction of sp³-hybridized carbons (Fsp3) is 0.417. The van der Waals surface area contributed by atoms with Crippen molar-refractivity contribution in [1.82, 2.24) is 14.6 Å². The highest BCUT2D eigenvalue weighted by Crippen LogP contribution is 2.35. The lowest BCUT2D eigenvalue weighted by molar-refractivity contribution is -0.136. The Labute approximate surface area is 112 Å². The summed E-state index contributed by atoms with van der Waals surface area (Å²) in [4.78, 5) is 15.0. The van der Waals surface area contributed by atoms with E-state index in [-0.39, 0.29) is 6.42 Å². The third-order valence-corrected chi connectivity index (χ3v) is 4.14. The topological polar surface area (TPSA) is 67.5 Å². The van der Waals surface area contributed by atoms with Crippen molar-refractivity contribution in [3.05, 3.63) is 28.1 Å². The third-order valence-electron chi connectivity index (χ3n) is 3.35. The molecule has 94 valence electrons. The number of nitrogens with zero attached hydrogens (tertiary/aromatic N) is 3. The first-order valence-corrected chi connectivity index (χ1v) is 6.70. The number of carbonyl (C=O) groups is 1. The number of carboxylic acids is 1. The molecule has 2 aromatic heterocycles. The molecule has 1 fully saturated rings. The lowest BCUT2D eigenvalue weighted by Crippen LogP contribution is -2.12. The Bertz CT molecular complexity index is 619. The Kier molecular flexibility index (Phi) is 2.81. The van der Waals surface area contributed by atoms with E-state index in [0.29, 0.717) is 21.9 Å². The minimum atomic E-state index is -0.890. The van der Waals surface area contributed by atoms with Crippen molar-refractivity contribution >= 4 is 27.5 Å². The van der Waals surface area contributed by atoms with Crippen LogP contribution in [0.25, 0.3) is 5.65 Å². The van der Waals surface area contributed by atoms with Crippen LogP contribution < -0.4 is 0 Å². The minimum Gasteiger partial charge on any atom is -0.481 e. The number of rotatable bonds is 3. The van der Waals surface area contributed by atoms with Crippen LogP contribution in [0.5, 0.6) is 0 Å². The van der Waals surface area contributed by atoms with Gasteiger partial charge in [0.25, 0.3) is 0 Å². The zero-order valence-corrected chi connectivity index (χ0v) is 11.2. The summed E-state index contributed by atoms with van der Waals surface area (Å²) in [6.07, 6.45) is 3.54. The summed E-state index contributed by atoms with van der Waals surface area (Å²) in [5.74, 6) is -0.343. The molecule has 6 heteroatoms. The summed E-state index contributed by atoms with van der Waals surface area (Å²) in [5.41, 5.74) is 2.26. The highest BCUT2D eigenvalue weighted by atomic mass is 79.9. The molecule has 0 radical (unpaired) electrons. The second-order valence-electron chi connectivity index (χ2n) is 4.58. The highest BCUT2D eigenvalue weighted by Gasteiger charge is 2.22. The first kappa shape index (κ1) is 11.6. The summed E-state index contributed by atoms with van der Waals surface area (Å²) in [5, 5.41) is 13.4. The summed E-state index contributed by atoms with van der Waals surface area (Å²) in [7, 11) is 0. The van der Waals surface area contributed by atoms with Gasteiger partial charge in [0.2, 0.25) is 0 Å². The molecule has 1 saturated carbocycles. The maximum Gasteiger partial charge on any atom is 0.309 e. The van der Waals surface area contributed by atoms with E-state index in [2.05, 4.69) is 26.0 Å². The van der Waals surface area contributed by atoms with Crippen LogP contribution in [0.2, 0.25) is 0 Å². The predicted molar refractivity (Wildman–Crippen MR) is 68.6 cm³/mol. The van der Waals surface area contributed by atoms with Gasteiger partial charge in [0.1, 0.15) is 4.60 Å². The molecule has 5 nitrogen and oxygen atoms in total. The smallest absolute Gasteiger partial charge is 0.309 e. The van der Waals surface area contributed by atoms with Crippen molar-refractivity contribution in [1.29, 1.82) is 0 Å². The van der Waals surface area contributed by atoms with Crippen molar-refractivity contribution in [2.75, 3.05) is 0 Å². The maximum absolute atomic E-state index is 10.7. The highest BCUT2D eigenvalue weighted by molar-refractivity contribution is 9.10. The molecule has 2 heterocycles. The Morgan fingerprint density at radius 2 is 2.28 bits per heavy atom. The third kappa shape index (κ3) is 1.90. The van der Waals surface area contributed by atoms with Gasteiger partial charge in [0.15, 0.2) is 5.65 Å². The van der Waals surface area contributed by atoms with E-state index in [0.717, 1.165) is 5.69 Å². The van der Waals surface area contributed by atoms with Crippen molar-refractivity contribution in [2.24, 2.45) is 0 Å². The fourth-order valence-corrected chi connectivity index (χ4v) is 2.63.